The molecule has 0 radical (unpaired) electrons. The lowest BCUT2D eigenvalue weighted by Crippen LogP contribution is -2.30. The molecule has 1 amide bonds. The highest BCUT2D eigenvalue weighted by Gasteiger charge is 2.31. The molecule has 33 heavy (non-hydrogen) atoms. The number of phenols is 1. The van der Waals surface area contributed by atoms with Crippen molar-refractivity contribution in [3.8, 4) is 5.75 Å². The van der Waals surface area contributed by atoms with Crippen molar-refractivity contribution in [2.45, 2.75) is 26.2 Å². The van der Waals surface area contributed by atoms with Gasteiger partial charge in [0.25, 0.3) is 5.91 Å². The Kier molecular flexibility index (Phi) is 6.68. The number of amides is 1. The average molecular weight is 483 g/mol. The highest BCUT2D eigenvalue weighted by Crippen LogP contribution is 2.38. The SMILES string of the molecule is Cc1c(C(C)C(=O)NCCC(=O)O)c2c(F)c(O)c(F)cc2n1C(=O)c1ccc(Cl)c(F)c1. The van der Waals surface area contributed by atoms with Crippen molar-refractivity contribution in [2.75, 3.05) is 6.54 Å². The first kappa shape index (κ1) is 24.1. The van der Waals surface area contributed by atoms with Crippen LogP contribution in [-0.2, 0) is 9.59 Å². The molecule has 0 aliphatic heterocycles. The van der Waals surface area contributed by atoms with E-state index in [0.717, 1.165) is 22.8 Å². The maximum absolute atomic E-state index is 15.0. The summed E-state index contributed by atoms with van der Waals surface area (Å²) in [5.74, 6) is -8.64. The molecular formula is C22H18ClF3N2O5. The summed E-state index contributed by atoms with van der Waals surface area (Å²) in [6, 6.07) is 3.99. The quantitative estimate of drug-likeness (QED) is 0.490. The predicted octanol–water partition coefficient (Wildman–Crippen LogP) is 4.11. The van der Waals surface area contributed by atoms with Crippen LogP contribution >= 0.6 is 11.6 Å². The van der Waals surface area contributed by atoms with Crippen LogP contribution in [0.15, 0.2) is 24.3 Å². The van der Waals surface area contributed by atoms with Gasteiger partial charge >= 0.3 is 5.97 Å². The van der Waals surface area contributed by atoms with Crippen LogP contribution in [0.4, 0.5) is 13.2 Å². The van der Waals surface area contributed by atoms with Crippen molar-refractivity contribution in [2.24, 2.45) is 0 Å². The molecular weight excluding hydrogens is 465 g/mol. The fourth-order valence-electron chi connectivity index (χ4n) is 3.64. The number of halogens is 4. The van der Waals surface area contributed by atoms with Gasteiger partial charge in [0, 0.05) is 29.3 Å². The van der Waals surface area contributed by atoms with Crippen molar-refractivity contribution in [3.63, 3.8) is 0 Å². The monoisotopic (exact) mass is 482 g/mol. The van der Waals surface area contributed by atoms with Gasteiger partial charge in [0.05, 0.1) is 22.9 Å². The van der Waals surface area contributed by atoms with Crippen molar-refractivity contribution < 1.29 is 37.8 Å². The number of nitrogens with one attached hydrogen (secondary N) is 1. The fraction of sp³-hybridized carbons (Fsp3) is 0.227. The maximum atomic E-state index is 15.0. The Labute approximate surface area is 190 Å². The Morgan fingerprint density at radius 2 is 1.82 bits per heavy atom. The molecule has 3 rings (SSSR count). The Bertz CT molecular complexity index is 1310. The third-order valence-corrected chi connectivity index (χ3v) is 5.55. The first-order valence-corrected chi connectivity index (χ1v) is 10.0. The molecule has 0 aliphatic rings. The van der Waals surface area contributed by atoms with Gasteiger partial charge in [0.1, 0.15) is 5.82 Å². The van der Waals surface area contributed by atoms with Gasteiger partial charge in [-0.1, -0.05) is 11.6 Å². The summed E-state index contributed by atoms with van der Waals surface area (Å²) in [4.78, 5) is 36.5. The number of aliphatic carboxylic acids is 1. The summed E-state index contributed by atoms with van der Waals surface area (Å²) in [7, 11) is 0. The van der Waals surface area contributed by atoms with E-state index in [1.165, 1.54) is 19.9 Å². The number of rotatable bonds is 6. The number of hydrogen-bond acceptors (Lipinski definition) is 4. The minimum Gasteiger partial charge on any atom is -0.503 e. The lowest BCUT2D eigenvalue weighted by molar-refractivity contribution is -0.136. The molecule has 0 saturated heterocycles. The molecule has 3 aromatic rings. The van der Waals surface area contributed by atoms with Gasteiger partial charge < -0.3 is 15.5 Å². The first-order chi connectivity index (χ1) is 15.5. The van der Waals surface area contributed by atoms with Crippen molar-refractivity contribution in [3.05, 3.63) is 63.6 Å². The van der Waals surface area contributed by atoms with E-state index in [4.69, 9.17) is 16.7 Å². The van der Waals surface area contributed by atoms with Gasteiger partial charge in [-0.3, -0.25) is 19.0 Å². The lowest BCUT2D eigenvalue weighted by Gasteiger charge is -2.14. The number of carbonyl (C=O) groups is 3. The first-order valence-electron chi connectivity index (χ1n) is 9.66. The number of aromatic hydroxyl groups is 1. The Morgan fingerprint density at radius 3 is 2.42 bits per heavy atom. The largest absolute Gasteiger partial charge is 0.503 e. The number of carboxylic acids is 1. The predicted molar refractivity (Wildman–Crippen MR) is 113 cm³/mol. The minimum absolute atomic E-state index is 0.0200. The van der Waals surface area contributed by atoms with Gasteiger partial charge in [0.15, 0.2) is 17.4 Å². The normalized spacial score (nSPS) is 12.1. The standard InChI is InChI=1S/C22H18ClF3N2O5/c1-9(21(32)27-6-5-16(29)30)17-10(2)28(15-8-14(25)20(31)19(26)18(15)17)22(33)11-3-4-12(23)13(24)7-11/h3-4,7-9,31H,5-6H2,1-2H3,(H,27,32)(H,29,30). The Hall–Kier alpha value is -3.53. The van der Waals surface area contributed by atoms with E-state index in [1.807, 2.05) is 0 Å². The van der Waals surface area contributed by atoms with E-state index in [9.17, 15) is 32.7 Å². The number of aromatic nitrogens is 1. The van der Waals surface area contributed by atoms with Gasteiger partial charge in [0.2, 0.25) is 5.91 Å². The highest BCUT2D eigenvalue weighted by molar-refractivity contribution is 6.30. The van der Waals surface area contributed by atoms with E-state index in [0.29, 0.717) is 0 Å². The topological polar surface area (TPSA) is 109 Å². The molecule has 1 unspecified atom stereocenters. The number of benzene rings is 2. The van der Waals surface area contributed by atoms with Crippen LogP contribution in [0.1, 0.15) is 40.9 Å². The minimum atomic E-state index is -1.37. The summed E-state index contributed by atoms with van der Waals surface area (Å²) in [5.41, 5.74) is -0.416. The van der Waals surface area contributed by atoms with Crippen molar-refractivity contribution >= 4 is 40.3 Å². The molecule has 1 aromatic heterocycles. The number of carbonyl (C=O) groups excluding carboxylic acids is 2. The van der Waals surface area contributed by atoms with Crippen LogP contribution in [0, 0.1) is 24.4 Å². The van der Waals surface area contributed by atoms with E-state index >= 15 is 0 Å². The number of phenolic OH excluding ortho intramolecular Hbond substituents is 1. The van der Waals surface area contributed by atoms with Crippen LogP contribution in [0.3, 0.4) is 0 Å². The molecule has 11 heteroatoms. The number of fused-ring (bicyclic) bond motifs is 1. The fourth-order valence-corrected chi connectivity index (χ4v) is 3.76. The van der Waals surface area contributed by atoms with Gasteiger partial charge in [-0.2, -0.15) is 0 Å². The molecule has 1 heterocycles. The molecule has 174 valence electrons. The zero-order valence-corrected chi connectivity index (χ0v) is 18.1. The van der Waals surface area contributed by atoms with Gasteiger partial charge in [-0.25, -0.2) is 13.2 Å². The molecule has 2 aromatic carbocycles. The number of hydrogen-bond donors (Lipinski definition) is 3. The second-order valence-electron chi connectivity index (χ2n) is 7.34. The second kappa shape index (κ2) is 9.14. The van der Waals surface area contributed by atoms with Crippen LogP contribution in [0.5, 0.6) is 5.75 Å². The summed E-state index contributed by atoms with van der Waals surface area (Å²) >= 11 is 5.66. The van der Waals surface area contributed by atoms with Crippen LogP contribution in [-0.4, -0.2) is 39.1 Å². The third-order valence-electron chi connectivity index (χ3n) is 5.24. The smallest absolute Gasteiger partial charge is 0.305 e. The van der Waals surface area contributed by atoms with E-state index < -0.39 is 46.9 Å². The molecule has 7 nitrogen and oxygen atoms in total. The molecule has 3 N–H and O–H groups in total. The second-order valence-corrected chi connectivity index (χ2v) is 7.75. The van der Waals surface area contributed by atoms with Crippen molar-refractivity contribution in [1.29, 1.82) is 0 Å². The summed E-state index contributed by atoms with van der Waals surface area (Å²) in [6.45, 7) is 2.57. The highest BCUT2D eigenvalue weighted by atomic mass is 35.5. The zero-order valence-electron chi connectivity index (χ0n) is 17.4. The average Bonchev–Trinajstić information content (AvgIpc) is 3.04. The number of carboxylic acid groups (broad SMARTS) is 1. The molecule has 0 bridgehead atoms. The molecule has 0 saturated carbocycles. The lowest BCUT2D eigenvalue weighted by atomic mass is 9.96. The molecule has 0 spiro atoms. The van der Waals surface area contributed by atoms with E-state index in [-0.39, 0.29) is 45.7 Å². The Morgan fingerprint density at radius 1 is 1.15 bits per heavy atom. The molecule has 1 atom stereocenters. The van der Waals surface area contributed by atoms with E-state index in [2.05, 4.69) is 5.32 Å². The van der Waals surface area contributed by atoms with Crippen molar-refractivity contribution in [1.82, 2.24) is 9.88 Å². The molecule has 0 aliphatic carbocycles. The third kappa shape index (κ3) is 4.38. The van der Waals surface area contributed by atoms with Gasteiger partial charge in [-0.15, -0.1) is 0 Å². The zero-order chi connectivity index (χ0) is 24.6. The summed E-state index contributed by atoms with van der Waals surface area (Å²) < 4.78 is 44.0. The van der Waals surface area contributed by atoms with Crippen LogP contribution in [0.2, 0.25) is 5.02 Å². The summed E-state index contributed by atoms with van der Waals surface area (Å²) in [5, 5.41) is 20.3. The molecule has 0 fully saturated rings. The Balaban J connectivity index is 2.20. The summed E-state index contributed by atoms with van der Waals surface area (Å²) in [6.07, 6.45) is -0.347. The van der Waals surface area contributed by atoms with Crippen LogP contribution in [0.25, 0.3) is 10.9 Å². The maximum Gasteiger partial charge on any atom is 0.305 e. The number of nitrogens with zero attached hydrogens (tertiary/aromatic N) is 1. The van der Waals surface area contributed by atoms with E-state index in [1.54, 1.807) is 0 Å². The van der Waals surface area contributed by atoms with Crippen LogP contribution < -0.4 is 5.32 Å². The van der Waals surface area contributed by atoms with Gasteiger partial charge in [-0.05, 0) is 37.6 Å².